The molecule has 0 aliphatic carbocycles. The zero-order chi connectivity index (χ0) is 21.4. The predicted octanol–water partition coefficient (Wildman–Crippen LogP) is 4.92. The number of amides is 2. The minimum Gasteiger partial charge on any atom is -0.368 e. The van der Waals surface area contributed by atoms with Crippen molar-refractivity contribution >= 4 is 50.4 Å². The highest BCUT2D eigenvalue weighted by Gasteiger charge is 2.28. The van der Waals surface area contributed by atoms with Gasteiger partial charge in [0, 0.05) is 60.0 Å². The summed E-state index contributed by atoms with van der Waals surface area (Å²) in [5, 5.41) is 6.00. The Morgan fingerprint density at radius 1 is 1.06 bits per heavy atom. The van der Waals surface area contributed by atoms with Crippen LogP contribution in [0.15, 0.2) is 52.4 Å². The maximum atomic E-state index is 13.1. The van der Waals surface area contributed by atoms with E-state index >= 15 is 0 Å². The second kappa shape index (κ2) is 8.61. The number of hydrogen-bond acceptors (Lipinski definition) is 5. The summed E-state index contributed by atoms with van der Waals surface area (Å²) in [4.78, 5) is 24.0. The molecule has 0 bridgehead atoms. The van der Waals surface area contributed by atoms with Gasteiger partial charge in [-0.1, -0.05) is 0 Å². The van der Waals surface area contributed by atoms with Gasteiger partial charge < -0.3 is 15.1 Å². The number of carbonyl (C=O) groups excluding carboxylic acids is 1. The first-order valence-electron chi connectivity index (χ1n) is 10.4. The molecule has 3 heterocycles. The van der Waals surface area contributed by atoms with E-state index in [1.807, 2.05) is 34.5 Å². The number of likely N-dealkylation sites (N-methyl/N-ethyl adjacent to an activating group) is 1. The third-order valence-electron chi connectivity index (χ3n) is 5.95. The molecule has 0 atom stereocenters. The highest BCUT2D eigenvalue weighted by molar-refractivity contribution is 9.10. The molecule has 0 radical (unpaired) electrons. The topological polar surface area (TPSA) is 51.7 Å². The molecule has 6 nitrogen and oxygen atoms in total. The molecule has 0 unspecified atom stereocenters. The zero-order valence-electron chi connectivity index (χ0n) is 17.3. The van der Waals surface area contributed by atoms with Crippen molar-refractivity contribution in [1.29, 1.82) is 0 Å². The number of aromatic nitrogens is 1. The lowest BCUT2D eigenvalue weighted by atomic mass is 10.1. The van der Waals surface area contributed by atoms with Crippen molar-refractivity contribution in [2.24, 2.45) is 0 Å². The molecule has 0 saturated carbocycles. The number of nitrogens with one attached hydrogen (secondary N) is 1. The number of hydrogen-bond donors (Lipinski definition) is 1. The molecule has 31 heavy (non-hydrogen) atoms. The van der Waals surface area contributed by atoms with Crippen LogP contribution in [-0.2, 0) is 6.42 Å². The smallest absolute Gasteiger partial charge is 0.326 e. The summed E-state index contributed by atoms with van der Waals surface area (Å²) < 4.78 is 1.11. The number of rotatable bonds is 3. The summed E-state index contributed by atoms with van der Waals surface area (Å²) >= 11 is 5.36. The molecule has 0 spiro atoms. The second-order valence-corrected chi connectivity index (χ2v) is 9.72. The summed E-state index contributed by atoms with van der Waals surface area (Å²) in [6.07, 6.45) is 2.67. The standard InChI is InChI=1S/C23H24BrN5OS/c1-27-9-11-28(12-10-27)21-15-20-17(14-19(21)24)6-8-29(20)23(30)26-18-4-2-16(3-5-18)22-25-7-13-31-22/h2-5,7,13-15H,6,8-12H2,1H3,(H,26,30). The zero-order valence-corrected chi connectivity index (χ0v) is 19.7. The number of anilines is 3. The van der Waals surface area contributed by atoms with Crippen LogP contribution in [0.4, 0.5) is 21.9 Å². The minimum absolute atomic E-state index is 0.0904. The Balaban J connectivity index is 1.33. The Kier molecular flexibility index (Phi) is 5.69. The first-order chi connectivity index (χ1) is 15.1. The van der Waals surface area contributed by atoms with Gasteiger partial charge in [-0.3, -0.25) is 4.90 Å². The van der Waals surface area contributed by atoms with E-state index in [0.29, 0.717) is 6.54 Å². The van der Waals surface area contributed by atoms with Crippen LogP contribution in [0.2, 0.25) is 0 Å². The molecule has 2 aromatic carbocycles. The summed E-state index contributed by atoms with van der Waals surface area (Å²) in [5.74, 6) is 0. The van der Waals surface area contributed by atoms with Crippen LogP contribution >= 0.6 is 27.3 Å². The number of fused-ring (bicyclic) bond motifs is 1. The van der Waals surface area contributed by atoms with Gasteiger partial charge in [0.05, 0.1) is 11.4 Å². The maximum absolute atomic E-state index is 13.1. The largest absolute Gasteiger partial charge is 0.368 e. The van der Waals surface area contributed by atoms with E-state index in [9.17, 15) is 4.79 Å². The molecule has 1 saturated heterocycles. The van der Waals surface area contributed by atoms with Crippen molar-refractivity contribution in [2.45, 2.75) is 6.42 Å². The third kappa shape index (κ3) is 4.20. The molecule has 5 rings (SSSR count). The second-order valence-electron chi connectivity index (χ2n) is 7.97. The Morgan fingerprint density at radius 3 is 2.55 bits per heavy atom. The summed E-state index contributed by atoms with van der Waals surface area (Å²) in [5.41, 5.74) is 5.23. The third-order valence-corrected chi connectivity index (χ3v) is 7.41. The minimum atomic E-state index is -0.0904. The lowest BCUT2D eigenvalue weighted by Crippen LogP contribution is -2.44. The molecular weight excluding hydrogens is 474 g/mol. The average Bonchev–Trinajstić information content (AvgIpc) is 3.44. The summed E-state index contributed by atoms with van der Waals surface area (Å²) in [7, 11) is 2.16. The van der Waals surface area contributed by atoms with Crippen LogP contribution in [0.3, 0.4) is 0 Å². The molecule has 2 aliphatic rings. The van der Waals surface area contributed by atoms with Crippen molar-refractivity contribution in [3.63, 3.8) is 0 Å². The van der Waals surface area contributed by atoms with Crippen LogP contribution in [0, 0.1) is 0 Å². The summed E-state index contributed by atoms with van der Waals surface area (Å²) in [6, 6.07) is 12.1. The van der Waals surface area contributed by atoms with Crippen molar-refractivity contribution < 1.29 is 4.79 Å². The van der Waals surface area contributed by atoms with Gasteiger partial charge in [-0.25, -0.2) is 9.78 Å². The summed E-state index contributed by atoms with van der Waals surface area (Å²) in [6.45, 7) is 4.77. The van der Waals surface area contributed by atoms with E-state index in [4.69, 9.17) is 0 Å². The van der Waals surface area contributed by atoms with Crippen molar-refractivity contribution in [2.75, 3.05) is 54.9 Å². The van der Waals surface area contributed by atoms with Gasteiger partial charge in [0.15, 0.2) is 0 Å². The molecular formula is C23H24BrN5OS. The molecule has 1 aromatic heterocycles. The Bertz CT molecular complexity index is 1080. The number of nitrogens with zero attached hydrogens (tertiary/aromatic N) is 4. The maximum Gasteiger partial charge on any atom is 0.326 e. The number of halogens is 1. The van der Waals surface area contributed by atoms with Gasteiger partial charge in [-0.05, 0) is 71.4 Å². The average molecular weight is 498 g/mol. The van der Waals surface area contributed by atoms with Gasteiger partial charge in [0.2, 0.25) is 0 Å². The highest BCUT2D eigenvalue weighted by Crippen LogP contribution is 2.38. The van der Waals surface area contributed by atoms with Gasteiger partial charge in [0.1, 0.15) is 5.01 Å². The lowest BCUT2D eigenvalue weighted by Gasteiger charge is -2.35. The molecule has 3 aromatic rings. The first-order valence-corrected chi connectivity index (χ1v) is 12.1. The van der Waals surface area contributed by atoms with E-state index in [1.165, 1.54) is 11.3 Å². The van der Waals surface area contributed by atoms with E-state index in [1.54, 1.807) is 17.5 Å². The normalized spacial score (nSPS) is 16.5. The lowest BCUT2D eigenvalue weighted by molar-refractivity contribution is 0.257. The van der Waals surface area contributed by atoms with Crippen LogP contribution < -0.4 is 15.1 Å². The van der Waals surface area contributed by atoms with Crippen LogP contribution in [0.5, 0.6) is 0 Å². The number of piperazine rings is 1. The fourth-order valence-electron chi connectivity index (χ4n) is 4.15. The van der Waals surface area contributed by atoms with E-state index in [-0.39, 0.29) is 6.03 Å². The Morgan fingerprint density at radius 2 is 1.84 bits per heavy atom. The fourth-order valence-corrected chi connectivity index (χ4v) is 5.44. The van der Waals surface area contributed by atoms with E-state index in [0.717, 1.165) is 59.0 Å². The highest BCUT2D eigenvalue weighted by atomic mass is 79.9. The van der Waals surface area contributed by atoms with Gasteiger partial charge in [-0.2, -0.15) is 0 Å². The molecule has 2 amide bonds. The van der Waals surface area contributed by atoms with Crippen LogP contribution in [0.1, 0.15) is 5.56 Å². The molecule has 1 N–H and O–H groups in total. The number of thiazole rings is 1. The van der Waals surface area contributed by atoms with Crippen LogP contribution in [0.25, 0.3) is 10.6 Å². The van der Waals surface area contributed by atoms with Crippen molar-refractivity contribution in [1.82, 2.24) is 9.88 Å². The SMILES string of the molecule is CN1CCN(c2cc3c(cc2Br)CCN3C(=O)Nc2ccc(-c3nccs3)cc2)CC1. The van der Waals surface area contributed by atoms with Crippen molar-refractivity contribution in [3.05, 3.63) is 58.0 Å². The number of carbonyl (C=O) groups is 1. The number of urea groups is 1. The van der Waals surface area contributed by atoms with E-state index in [2.05, 4.69) is 55.2 Å². The molecule has 160 valence electrons. The molecule has 8 heteroatoms. The van der Waals surface area contributed by atoms with Crippen LogP contribution in [-0.4, -0.2) is 55.7 Å². The van der Waals surface area contributed by atoms with E-state index < -0.39 is 0 Å². The van der Waals surface area contributed by atoms with Gasteiger partial charge in [-0.15, -0.1) is 11.3 Å². The number of benzene rings is 2. The fraction of sp³-hybridized carbons (Fsp3) is 0.304. The Hall–Kier alpha value is -2.42. The first kappa shape index (κ1) is 20.5. The van der Waals surface area contributed by atoms with Gasteiger partial charge in [0.25, 0.3) is 0 Å². The Labute approximate surface area is 194 Å². The predicted molar refractivity (Wildman–Crippen MR) is 131 cm³/mol. The molecule has 2 aliphatic heterocycles. The molecule has 1 fully saturated rings. The quantitative estimate of drug-likeness (QED) is 0.557. The monoisotopic (exact) mass is 497 g/mol. The van der Waals surface area contributed by atoms with Gasteiger partial charge >= 0.3 is 6.03 Å². The van der Waals surface area contributed by atoms with Crippen molar-refractivity contribution in [3.8, 4) is 10.6 Å².